The van der Waals surface area contributed by atoms with Crippen LogP contribution < -0.4 is 0 Å². The lowest BCUT2D eigenvalue weighted by molar-refractivity contribution is 1.43. The van der Waals surface area contributed by atoms with Crippen LogP contribution >= 0.6 is 0 Å². The second-order valence-electron chi connectivity index (χ2n) is 6.96. The van der Waals surface area contributed by atoms with Gasteiger partial charge in [0, 0.05) is 22.4 Å². The van der Waals surface area contributed by atoms with Crippen molar-refractivity contribution < 1.29 is 0 Å². The summed E-state index contributed by atoms with van der Waals surface area (Å²) in [5.41, 5.74) is 6.93. The minimum absolute atomic E-state index is 1.11. The van der Waals surface area contributed by atoms with E-state index in [-0.39, 0.29) is 0 Å². The Hall–Kier alpha value is -3.78. The van der Waals surface area contributed by atoms with Crippen molar-refractivity contribution >= 4 is 46.1 Å². The Labute approximate surface area is 163 Å². The van der Waals surface area contributed by atoms with Gasteiger partial charge in [-0.2, -0.15) is 0 Å². The molecule has 2 nitrogen and oxygen atoms in total. The molecule has 0 fully saturated rings. The van der Waals surface area contributed by atoms with Crippen LogP contribution in [0.25, 0.3) is 46.1 Å². The Kier molecular flexibility index (Phi) is 4.15. The van der Waals surface area contributed by atoms with Crippen molar-refractivity contribution in [3.63, 3.8) is 0 Å². The predicted molar refractivity (Wildman–Crippen MR) is 121 cm³/mol. The molecule has 2 heteroatoms. The highest BCUT2D eigenvalue weighted by atomic mass is 14.7. The van der Waals surface area contributed by atoms with Gasteiger partial charge < -0.3 is 9.97 Å². The summed E-state index contributed by atoms with van der Waals surface area (Å²) < 4.78 is 0. The molecule has 134 valence electrons. The number of hydrogen-bond donors (Lipinski definition) is 2. The fourth-order valence-electron chi connectivity index (χ4n) is 3.46. The van der Waals surface area contributed by atoms with E-state index in [1.165, 1.54) is 32.9 Å². The molecule has 3 aromatic carbocycles. The third kappa shape index (κ3) is 3.40. The number of rotatable bonds is 4. The molecule has 0 unspecified atom stereocenters. The summed E-state index contributed by atoms with van der Waals surface area (Å²) in [5.74, 6) is 0. The lowest BCUT2D eigenvalue weighted by atomic mass is 10.1. The van der Waals surface area contributed by atoms with Gasteiger partial charge in [-0.1, -0.05) is 72.8 Å². The number of fused-ring (bicyclic) bond motifs is 2. The monoisotopic (exact) mass is 360 g/mol. The normalized spacial score (nSPS) is 12.0. The van der Waals surface area contributed by atoms with E-state index in [4.69, 9.17) is 0 Å². The van der Waals surface area contributed by atoms with Crippen molar-refractivity contribution in [3.05, 3.63) is 107 Å². The summed E-state index contributed by atoms with van der Waals surface area (Å²) in [6.07, 6.45) is 8.51. The van der Waals surface area contributed by atoms with E-state index in [9.17, 15) is 0 Å². The van der Waals surface area contributed by atoms with Crippen LogP contribution in [0.3, 0.4) is 0 Å². The van der Waals surface area contributed by atoms with E-state index in [0.29, 0.717) is 0 Å². The smallest absolute Gasteiger partial charge is 0.0458 e. The second-order valence-corrected chi connectivity index (χ2v) is 6.96. The lowest BCUT2D eigenvalue weighted by Crippen LogP contribution is -1.76. The molecular weight excluding hydrogens is 340 g/mol. The maximum Gasteiger partial charge on any atom is 0.0458 e. The summed E-state index contributed by atoms with van der Waals surface area (Å²) in [4.78, 5) is 6.85. The van der Waals surface area contributed by atoms with Crippen LogP contribution in [-0.2, 0) is 0 Å². The van der Waals surface area contributed by atoms with Gasteiger partial charge in [0.15, 0.2) is 0 Å². The molecule has 0 radical (unpaired) electrons. The summed E-state index contributed by atoms with van der Waals surface area (Å²) in [5, 5.41) is 2.47. The highest BCUT2D eigenvalue weighted by Crippen LogP contribution is 2.18. The first kappa shape index (κ1) is 16.4. The Balaban J connectivity index is 1.30. The largest absolute Gasteiger partial charge is 0.355 e. The van der Waals surface area contributed by atoms with Crippen molar-refractivity contribution in [1.82, 2.24) is 9.97 Å². The zero-order valence-electron chi connectivity index (χ0n) is 15.4. The average molecular weight is 360 g/mol. The Morgan fingerprint density at radius 3 is 1.32 bits per heavy atom. The van der Waals surface area contributed by atoms with Crippen LogP contribution in [0.4, 0.5) is 0 Å². The summed E-state index contributed by atoms with van der Waals surface area (Å²) in [7, 11) is 0. The fraction of sp³-hybridized carbons (Fsp3) is 0. The van der Waals surface area contributed by atoms with E-state index >= 15 is 0 Å². The van der Waals surface area contributed by atoms with E-state index in [2.05, 4.69) is 107 Å². The van der Waals surface area contributed by atoms with Crippen molar-refractivity contribution in [3.8, 4) is 0 Å². The maximum atomic E-state index is 3.43. The third-order valence-electron chi connectivity index (χ3n) is 4.95. The molecule has 2 N–H and O–H groups in total. The zero-order valence-corrected chi connectivity index (χ0v) is 15.4. The lowest BCUT2D eigenvalue weighted by Gasteiger charge is -1.96. The minimum Gasteiger partial charge on any atom is -0.355 e. The van der Waals surface area contributed by atoms with Crippen molar-refractivity contribution in [2.45, 2.75) is 0 Å². The number of H-pyrrole nitrogens is 2. The van der Waals surface area contributed by atoms with Gasteiger partial charge in [-0.15, -0.1) is 0 Å². The molecule has 0 spiro atoms. The highest BCUT2D eigenvalue weighted by molar-refractivity contribution is 5.85. The van der Waals surface area contributed by atoms with Gasteiger partial charge in [0.2, 0.25) is 0 Å². The average Bonchev–Trinajstić information content (AvgIpc) is 3.34. The first-order valence-electron chi connectivity index (χ1n) is 9.45. The molecule has 5 aromatic rings. The number of hydrogen-bond acceptors (Lipinski definition) is 0. The molecular formula is C26H20N2. The van der Waals surface area contributed by atoms with Gasteiger partial charge in [-0.25, -0.2) is 0 Å². The first-order chi connectivity index (χ1) is 13.8. The number of nitrogens with one attached hydrogen (secondary N) is 2. The fourth-order valence-corrected chi connectivity index (χ4v) is 3.46. The Morgan fingerprint density at radius 2 is 0.893 bits per heavy atom. The molecule has 0 aliphatic heterocycles. The van der Waals surface area contributed by atoms with Crippen LogP contribution in [0.1, 0.15) is 22.5 Å². The van der Waals surface area contributed by atoms with Gasteiger partial charge in [0.1, 0.15) is 0 Å². The third-order valence-corrected chi connectivity index (χ3v) is 4.95. The summed E-state index contributed by atoms with van der Waals surface area (Å²) >= 11 is 0. The number of para-hydroxylation sites is 2. The van der Waals surface area contributed by atoms with Gasteiger partial charge >= 0.3 is 0 Å². The van der Waals surface area contributed by atoms with E-state index in [1.54, 1.807) is 0 Å². The van der Waals surface area contributed by atoms with Crippen LogP contribution in [0.2, 0.25) is 0 Å². The topological polar surface area (TPSA) is 31.6 Å². The van der Waals surface area contributed by atoms with Crippen molar-refractivity contribution in [1.29, 1.82) is 0 Å². The molecule has 0 saturated heterocycles. The molecule has 2 aromatic heterocycles. The Morgan fingerprint density at radius 1 is 0.464 bits per heavy atom. The van der Waals surface area contributed by atoms with Crippen molar-refractivity contribution in [2.24, 2.45) is 0 Å². The molecule has 0 atom stereocenters. The van der Waals surface area contributed by atoms with E-state index in [1.807, 2.05) is 12.1 Å². The standard InChI is InChI=1S/C26H20N2/c1-3-7-25-21(5-1)17-23(27-25)15-13-19-9-11-20(12-10-19)14-16-24-18-22-6-2-4-8-26(22)28-24/h1-18,27-28H/b15-13-,16-14?. The van der Waals surface area contributed by atoms with Crippen molar-refractivity contribution in [2.75, 3.05) is 0 Å². The van der Waals surface area contributed by atoms with Gasteiger partial charge in [-0.3, -0.25) is 0 Å². The number of aromatic nitrogens is 2. The van der Waals surface area contributed by atoms with Crippen LogP contribution in [-0.4, -0.2) is 9.97 Å². The summed E-state index contributed by atoms with van der Waals surface area (Å²) in [6, 6.07) is 29.6. The van der Waals surface area contributed by atoms with E-state index in [0.717, 1.165) is 11.4 Å². The van der Waals surface area contributed by atoms with Gasteiger partial charge in [-0.05, 0) is 58.3 Å². The molecule has 0 aliphatic carbocycles. The van der Waals surface area contributed by atoms with Crippen LogP contribution in [0, 0.1) is 0 Å². The summed E-state index contributed by atoms with van der Waals surface area (Å²) in [6.45, 7) is 0. The second kappa shape index (κ2) is 7.09. The SMILES string of the molecule is C(=Cc1cc2ccccc2[nH]1)c1ccc(/C=C\c2cc3ccccc3[nH]2)cc1. The molecule has 28 heavy (non-hydrogen) atoms. The molecule has 0 aliphatic rings. The quantitative estimate of drug-likeness (QED) is 0.346. The molecule has 0 amide bonds. The molecule has 5 rings (SSSR count). The van der Waals surface area contributed by atoms with Crippen LogP contribution in [0.15, 0.2) is 84.9 Å². The van der Waals surface area contributed by atoms with E-state index < -0.39 is 0 Å². The molecule has 0 saturated carbocycles. The zero-order chi connectivity index (χ0) is 18.8. The molecule has 2 heterocycles. The molecule has 0 bridgehead atoms. The number of aromatic amines is 2. The first-order valence-corrected chi connectivity index (χ1v) is 9.45. The van der Waals surface area contributed by atoms with Gasteiger partial charge in [0.05, 0.1) is 0 Å². The minimum atomic E-state index is 1.11. The highest BCUT2D eigenvalue weighted by Gasteiger charge is 1.98. The predicted octanol–water partition coefficient (Wildman–Crippen LogP) is 6.99. The number of benzene rings is 3. The van der Waals surface area contributed by atoms with Gasteiger partial charge in [0.25, 0.3) is 0 Å². The Bertz CT molecular complexity index is 1130. The maximum absolute atomic E-state index is 3.43. The van der Waals surface area contributed by atoms with Crippen LogP contribution in [0.5, 0.6) is 0 Å².